The van der Waals surface area contributed by atoms with Crippen molar-refractivity contribution in [3.05, 3.63) is 66.7 Å². The van der Waals surface area contributed by atoms with Crippen molar-refractivity contribution in [2.24, 2.45) is 0 Å². The Morgan fingerprint density at radius 3 is 2.31 bits per heavy atom. The molecular formula is C20H20ClNO3S. The lowest BCUT2D eigenvalue weighted by molar-refractivity contribution is 0.238. The molecule has 0 aliphatic carbocycles. The molecule has 0 saturated heterocycles. The molecule has 136 valence electrons. The lowest BCUT2D eigenvalue weighted by atomic mass is 10.1. The molecule has 0 saturated carbocycles. The number of para-hydroxylation sites is 1. The smallest absolute Gasteiger partial charge is 0.206 e. The molecule has 1 aliphatic heterocycles. The molecule has 1 atom stereocenters. The Balaban J connectivity index is 1.90. The SMILES string of the molecule is OS1(O)C(CCCCl)Oc2cc3ccccc3cc2N1c1ccccc1. The van der Waals surface area contributed by atoms with Gasteiger partial charge >= 0.3 is 0 Å². The van der Waals surface area contributed by atoms with E-state index in [9.17, 15) is 9.11 Å². The number of anilines is 2. The second-order valence-electron chi connectivity index (χ2n) is 6.24. The number of fused-ring (bicyclic) bond motifs is 2. The van der Waals surface area contributed by atoms with Crippen LogP contribution in [0.3, 0.4) is 0 Å². The van der Waals surface area contributed by atoms with Gasteiger partial charge in [0.05, 0.1) is 5.69 Å². The average molecular weight is 390 g/mol. The van der Waals surface area contributed by atoms with E-state index < -0.39 is 16.2 Å². The molecule has 3 aromatic rings. The van der Waals surface area contributed by atoms with Crippen LogP contribution in [-0.2, 0) is 0 Å². The van der Waals surface area contributed by atoms with E-state index in [2.05, 4.69) is 0 Å². The van der Waals surface area contributed by atoms with E-state index >= 15 is 0 Å². The summed E-state index contributed by atoms with van der Waals surface area (Å²) in [6.07, 6.45) is 1.12. The van der Waals surface area contributed by atoms with Crippen molar-refractivity contribution in [3.8, 4) is 5.75 Å². The Bertz CT molecular complexity index is 919. The fourth-order valence-corrected chi connectivity index (χ4v) is 5.22. The van der Waals surface area contributed by atoms with Crippen LogP contribution in [0.4, 0.5) is 11.4 Å². The third-order valence-electron chi connectivity index (χ3n) is 4.49. The number of ether oxygens (including phenoxy) is 1. The highest BCUT2D eigenvalue weighted by Crippen LogP contribution is 2.62. The third-order valence-corrected chi connectivity index (χ3v) is 6.74. The molecule has 3 aromatic carbocycles. The third kappa shape index (κ3) is 3.01. The van der Waals surface area contributed by atoms with E-state index in [1.807, 2.05) is 66.7 Å². The van der Waals surface area contributed by atoms with Crippen molar-refractivity contribution < 1.29 is 13.8 Å². The average Bonchev–Trinajstić information content (AvgIpc) is 2.65. The molecular weight excluding hydrogens is 370 g/mol. The standard InChI is InChI=1S/C20H20ClNO3S/c21-12-6-11-20-25-19-14-16-8-5-4-7-15(16)13-18(19)22(26(20,23)24)17-9-2-1-3-10-17/h1-5,7-10,13-14,20,23-24H,6,11-12H2. The van der Waals surface area contributed by atoms with E-state index in [0.717, 1.165) is 16.5 Å². The van der Waals surface area contributed by atoms with E-state index in [0.29, 0.717) is 30.2 Å². The Labute approximate surface area is 159 Å². The molecule has 1 aliphatic rings. The summed E-state index contributed by atoms with van der Waals surface area (Å²) in [7, 11) is -3.22. The number of hydrogen-bond donors (Lipinski definition) is 2. The molecule has 4 rings (SSSR count). The molecule has 0 fully saturated rings. The Morgan fingerprint density at radius 1 is 0.962 bits per heavy atom. The van der Waals surface area contributed by atoms with Gasteiger partial charge in [-0.3, -0.25) is 9.11 Å². The van der Waals surface area contributed by atoms with E-state index in [1.54, 1.807) is 4.31 Å². The minimum Gasteiger partial charge on any atom is -0.467 e. The van der Waals surface area contributed by atoms with Gasteiger partial charge in [0.2, 0.25) is 5.44 Å². The van der Waals surface area contributed by atoms with E-state index in [-0.39, 0.29) is 0 Å². The van der Waals surface area contributed by atoms with Crippen LogP contribution in [0.25, 0.3) is 10.8 Å². The van der Waals surface area contributed by atoms with Crippen molar-refractivity contribution in [2.45, 2.75) is 18.3 Å². The van der Waals surface area contributed by atoms with Gasteiger partial charge in [-0.15, -0.1) is 11.6 Å². The fraction of sp³-hybridized carbons (Fsp3) is 0.200. The highest BCUT2D eigenvalue weighted by atomic mass is 35.5. The van der Waals surface area contributed by atoms with Crippen molar-refractivity contribution >= 4 is 44.5 Å². The van der Waals surface area contributed by atoms with Gasteiger partial charge in [-0.1, -0.05) is 53.2 Å². The van der Waals surface area contributed by atoms with E-state index in [4.69, 9.17) is 16.3 Å². The molecule has 1 heterocycles. The summed E-state index contributed by atoms with van der Waals surface area (Å²) in [6.45, 7) is 0. The van der Waals surface area contributed by atoms with Crippen LogP contribution in [0, 0.1) is 0 Å². The van der Waals surface area contributed by atoms with Crippen LogP contribution >= 0.6 is 22.4 Å². The van der Waals surface area contributed by atoms with Crippen LogP contribution in [0.1, 0.15) is 12.8 Å². The molecule has 4 nitrogen and oxygen atoms in total. The summed E-state index contributed by atoms with van der Waals surface area (Å²) < 4.78 is 29.8. The zero-order valence-corrected chi connectivity index (χ0v) is 15.7. The Hall–Kier alpha value is -1.92. The first-order chi connectivity index (χ1) is 12.6. The first-order valence-electron chi connectivity index (χ1n) is 8.49. The maximum absolute atomic E-state index is 11.1. The Kier molecular flexibility index (Phi) is 4.71. The molecule has 26 heavy (non-hydrogen) atoms. The van der Waals surface area contributed by atoms with E-state index in [1.165, 1.54) is 0 Å². The molecule has 0 bridgehead atoms. The summed E-state index contributed by atoms with van der Waals surface area (Å²) in [4.78, 5) is 0. The minimum absolute atomic E-state index is 0.450. The van der Waals surface area contributed by atoms with Gasteiger partial charge in [0.1, 0.15) is 11.4 Å². The fourth-order valence-electron chi connectivity index (χ4n) is 3.25. The van der Waals surface area contributed by atoms with Crippen LogP contribution in [-0.4, -0.2) is 20.4 Å². The maximum Gasteiger partial charge on any atom is 0.206 e. The van der Waals surface area contributed by atoms with Gasteiger partial charge in [-0.2, -0.15) is 0 Å². The zero-order valence-electron chi connectivity index (χ0n) is 14.1. The molecule has 0 amide bonds. The highest BCUT2D eigenvalue weighted by Gasteiger charge is 2.41. The largest absolute Gasteiger partial charge is 0.467 e. The van der Waals surface area contributed by atoms with Gasteiger partial charge in [0, 0.05) is 12.3 Å². The molecule has 0 aromatic heterocycles. The number of hydrogen-bond acceptors (Lipinski definition) is 4. The van der Waals surface area contributed by atoms with Crippen LogP contribution < -0.4 is 9.04 Å². The lowest BCUT2D eigenvalue weighted by Gasteiger charge is -2.52. The summed E-state index contributed by atoms with van der Waals surface area (Å²) >= 11 is 5.82. The maximum atomic E-state index is 11.1. The predicted molar refractivity (Wildman–Crippen MR) is 110 cm³/mol. The van der Waals surface area contributed by atoms with Crippen molar-refractivity contribution in [2.75, 3.05) is 10.2 Å². The monoisotopic (exact) mass is 389 g/mol. The summed E-state index contributed by atoms with van der Waals surface area (Å²) in [5.41, 5.74) is 0.662. The zero-order chi connectivity index (χ0) is 18.1. The lowest BCUT2D eigenvalue weighted by Crippen LogP contribution is -2.39. The number of rotatable bonds is 4. The number of halogens is 1. The number of alkyl halides is 1. The quantitative estimate of drug-likeness (QED) is 0.508. The van der Waals surface area contributed by atoms with Crippen molar-refractivity contribution in [1.82, 2.24) is 0 Å². The molecule has 2 N–H and O–H groups in total. The second-order valence-corrected chi connectivity index (χ2v) is 8.63. The normalized spacial score (nSPS) is 19.7. The molecule has 0 spiro atoms. The summed E-state index contributed by atoms with van der Waals surface area (Å²) in [5, 5.41) is 2.07. The number of nitrogens with zero attached hydrogens (tertiary/aromatic N) is 1. The summed E-state index contributed by atoms with van der Waals surface area (Å²) in [5.74, 6) is 1.10. The summed E-state index contributed by atoms with van der Waals surface area (Å²) in [6, 6.07) is 21.3. The first-order valence-corrected chi connectivity index (χ1v) is 10.6. The van der Waals surface area contributed by atoms with Crippen LogP contribution in [0.5, 0.6) is 5.75 Å². The van der Waals surface area contributed by atoms with Crippen molar-refractivity contribution in [1.29, 1.82) is 0 Å². The van der Waals surface area contributed by atoms with Crippen molar-refractivity contribution in [3.63, 3.8) is 0 Å². The van der Waals surface area contributed by atoms with Gasteiger partial charge in [0.15, 0.2) is 0 Å². The second kappa shape index (κ2) is 7.00. The topological polar surface area (TPSA) is 52.9 Å². The predicted octanol–water partition coefficient (Wildman–Crippen LogP) is 6.38. The molecule has 1 unspecified atom stereocenters. The highest BCUT2D eigenvalue weighted by molar-refractivity contribution is 8.26. The molecule has 6 heteroatoms. The van der Waals surface area contributed by atoms with Gasteiger partial charge in [-0.25, -0.2) is 4.31 Å². The first kappa shape index (κ1) is 17.5. The minimum atomic E-state index is -3.22. The van der Waals surface area contributed by atoms with Gasteiger partial charge in [-0.05, 0) is 41.5 Å². The molecule has 0 radical (unpaired) electrons. The van der Waals surface area contributed by atoms with Gasteiger partial charge in [0.25, 0.3) is 0 Å². The van der Waals surface area contributed by atoms with Crippen LogP contribution in [0.15, 0.2) is 66.7 Å². The van der Waals surface area contributed by atoms with Crippen LogP contribution in [0.2, 0.25) is 0 Å². The Morgan fingerprint density at radius 2 is 1.62 bits per heavy atom. The van der Waals surface area contributed by atoms with Gasteiger partial charge < -0.3 is 4.74 Å². The number of benzene rings is 3.